The maximum atomic E-state index is 12.7. The Kier molecular flexibility index (Phi) is 3.98. The second-order valence-corrected chi connectivity index (χ2v) is 6.54. The Morgan fingerprint density at radius 3 is 2.35 bits per heavy atom. The molecule has 3 nitrogen and oxygen atoms in total. The van der Waals surface area contributed by atoms with E-state index in [-0.39, 0.29) is 23.5 Å². The first kappa shape index (κ1) is 14.8. The van der Waals surface area contributed by atoms with Crippen molar-refractivity contribution < 1.29 is 9.37 Å². The van der Waals surface area contributed by atoms with Crippen LogP contribution in [0.15, 0.2) is 30.3 Å². The van der Waals surface area contributed by atoms with Gasteiger partial charge in [0.15, 0.2) is 0 Å². The maximum absolute atomic E-state index is 12.7. The minimum Gasteiger partial charge on any atom is -0.281 e. The standard InChI is InChI=1S/C17H25N2O/c1-6-12-19-14(13-10-8-7-9-11-13)15(20)18(5)16(19)17(2,3)4/h7-12,14,16H,6H2,1-5H3/q+1/b19-12+/t14-,16+/m1/s1. The third-order valence-electron chi connectivity index (χ3n) is 3.81. The van der Waals surface area contributed by atoms with Crippen LogP contribution < -0.4 is 0 Å². The lowest BCUT2D eigenvalue weighted by molar-refractivity contribution is -0.602. The highest BCUT2D eigenvalue weighted by Gasteiger charge is 2.53. The summed E-state index contributed by atoms with van der Waals surface area (Å²) >= 11 is 0. The average Bonchev–Trinajstić information content (AvgIpc) is 2.63. The van der Waals surface area contributed by atoms with Crippen molar-refractivity contribution in [1.82, 2.24) is 4.90 Å². The van der Waals surface area contributed by atoms with E-state index >= 15 is 0 Å². The molecule has 1 aromatic rings. The van der Waals surface area contributed by atoms with E-state index in [1.54, 1.807) is 0 Å². The summed E-state index contributed by atoms with van der Waals surface area (Å²) in [4.78, 5) is 14.6. The zero-order chi connectivity index (χ0) is 14.9. The Morgan fingerprint density at radius 2 is 1.85 bits per heavy atom. The molecule has 2 rings (SSSR count). The van der Waals surface area contributed by atoms with Gasteiger partial charge in [0.05, 0.1) is 0 Å². The fraction of sp³-hybridized carbons (Fsp3) is 0.529. The summed E-state index contributed by atoms with van der Waals surface area (Å²) in [5.41, 5.74) is 1.08. The monoisotopic (exact) mass is 273 g/mol. The third-order valence-corrected chi connectivity index (χ3v) is 3.81. The lowest BCUT2D eigenvalue weighted by Crippen LogP contribution is -2.43. The number of amides is 1. The molecule has 20 heavy (non-hydrogen) atoms. The van der Waals surface area contributed by atoms with E-state index in [0.717, 1.165) is 12.0 Å². The molecule has 0 N–H and O–H groups in total. The Labute approximate surface area is 121 Å². The average molecular weight is 273 g/mol. The van der Waals surface area contributed by atoms with Crippen molar-refractivity contribution in [1.29, 1.82) is 0 Å². The molecule has 0 bridgehead atoms. The minimum absolute atomic E-state index is 0.0135. The number of carbonyl (C=O) groups is 1. The van der Waals surface area contributed by atoms with Gasteiger partial charge >= 0.3 is 5.91 Å². The molecule has 108 valence electrons. The van der Waals surface area contributed by atoms with Gasteiger partial charge in [-0.1, -0.05) is 58.0 Å². The van der Waals surface area contributed by atoms with Crippen LogP contribution in [0.25, 0.3) is 0 Å². The molecule has 1 fully saturated rings. The topological polar surface area (TPSA) is 23.3 Å². The molecule has 0 spiro atoms. The molecule has 1 heterocycles. The van der Waals surface area contributed by atoms with Crippen LogP contribution in [0, 0.1) is 5.41 Å². The number of hydrogen-bond donors (Lipinski definition) is 0. The van der Waals surface area contributed by atoms with Crippen molar-refractivity contribution in [3.05, 3.63) is 35.9 Å². The number of likely N-dealkylation sites (N-methyl/N-ethyl adjacent to an activating group) is 1. The van der Waals surface area contributed by atoms with Crippen molar-refractivity contribution in [2.45, 2.75) is 46.3 Å². The Hall–Kier alpha value is -1.64. The maximum Gasteiger partial charge on any atom is 0.300 e. The molecule has 1 amide bonds. The van der Waals surface area contributed by atoms with E-state index < -0.39 is 0 Å². The summed E-state index contributed by atoms with van der Waals surface area (Å²) in [6.45, 7) is 8.67. The second kappa shape index (κ2) is 5.39. The molecule has 1 aromatic carbocycles. The van der Waals surface area contributed by atoms with Crippen molar-refractivity contribution in [3.63, 3.8) is 0 Å². The predicted octanol–water partition coefficient (Wildman–Crippen LogP) is 3.07. The highest BCUT2D eigenvalue weighted by atomic mass is 16.2. The third kappa shape index (κ3) is 2.49. The number of carbonyl (C=O) groups excluding carboxylic acids is 1. The highest BCUT2D eigenvalue weighted by molar-refractivity contribution is 5.84. The number of benzene rings is 1. The van der Waals surface area contributed by atoms with Crippen LogP contribution in [0.5, 0.6) is 0 Å². The second-order valence-electron chi connectivity index (χ2n) is 6.54. The summed E-state index contributed by atoms with van der Waals surface area (Å²) in [7, 11) is 1.91. The minimum atomic E-state index is -0.189. The van der Waals surface area contributed by atoms with Crippen molar-refractivity contribution in [2.75, 3.05) is 7.05 Å². The SMILES string of the molecule is CC/C=[N+]1\[C@H](c2ccccc2)C(=O)N(C)[C@@H]1C(C)(C)C. The summed E-state index contributed by atoms with van der Waals surface area (Å²) in [5.74, 6) is 0.181. The fourth-order valence-electron chi connectivity index (χ4n) is 3.18. The van der Waals surface area contributed by atoms with Gasteiger partial charge in [-0.2, -0.15) is 0 Å². The lowest BCUT2D eigenvalue weighted by Gasteiger charge is -2.27. The molecule has 0 aliphatic carbocycles. The van der Waals surface area contributed by atoms with Gasteiger partial charge in [-0.05, 0) is 0 Å². The van der Waals surface area contributed by atoms with E-state index in [4.69, 9.17) is 0 Å². The molecule has 0 aromatic heterocycles. The summed E-state index contributed by atoms with van der Waals surface area (Å²) in [6, 6.07) is 9.87. The highest BCUT2D eigenvalue weighted by Crippen LogP contribution is 2.36. The first-order chi connectivity index (χ1) is 9.38. The zero-order valence-corrected chi connectivity index (χ0v) is 13.1. The van der Waals surface area contributed by atoms with Crippen LogP contribution in [0.4, 0.5) is 0 Å². The molecule has 0 radical (unpaired) electrons. The summed E-state index contributed by atoms with van der Waals surface area (Å²) in [6.07, 6.45) is 3.19. The van der Waals surface area contributed by atoms with Crippen molar-refractivity contribution >= 4 is 12.1 Å². The van der Waals surface area contributed by atoms with Crippen LogP contribution in [-0.4, -0.2) is 34.8 Å². The van der Waals surface area contributed by atoms with Gasteiger partial charge in [-0.25, -0.2) is 4.58 Å². The van der Waals surface area contributed by atoms with Crippen LogP contribution in [0.3, 0.4) is 0 Å². The Bertz CT molecular complexity index is 514. The summed E-state index contributed by atoms with van der Waals surface area (Å²) in [5, 5.41) is 0. The van der Waals surface area contributed by atoms with E-state index in [2.05, 4.69) is 38.5 Å². The first-order valence-electron chi connectivity index (χ1n) is 7.30. The number of nitrogens with zero attached hydrogens (tertiary/aromatic N) is 2. The van der Waals surface area contributed by atoms with Crippen LogP contribution in [0.2, 0.25) is 0 Å². The van der Waals surface area contributed by atoms with Crippen LogP contribution in [-0.2, 0) is 4.79 Å². The van der Waals surface area contributed by atoms with E-state index in [0.29, 0.717) is 0 Å². The molecule has 1 aliphatic heterocycles. The Balaban J connectivity index is 2.52. The van der Waals surface area contributed by atoms with Gasteiger partial charge in [0.1, 0.15) is 6.21 Å². The van der Waals surface area contributed by atoms with Gasteiger partial charge in [0.2, 0.25) is 6.17 Å². The van der Waals surface area contributed by atoms with Crippen LogP contribution in [0.1, 0.15) is 45.7 Å². The largest absolute Gasteiger partial charge is 0.300 e. The van der Waals surface area contributed by atoms with Crippen LogP contribution >= 0.6 is 0 Å². The first-order valence-corrected chi connectivity index (χ1v) is 7.30. The number of hydrogen-bond acceptors (Lipinski definition) is 1. The van der Waals surface area contributed by atoms with Gasteiger partial charge in [0, 0.05) is 24.4 Å². The molecular weight excluding hydrogens is 248 g/mol. The van der Waals surface area contributed by atoms with Crippen molar-refractivity contribution in [3.8, 4) is 0 Å². The normalized spacial score (nSPS) is 25.6. The lowest BCUT2D eigenvalue weighted by atomic mass is 9.91. The summed E-state index contributed by atoms with van der Waals surface area (Å²) < 4.78 is 2.23. The van der Waals surface area contributed by atoms with E-state index in [1.165, 1.54) is 0 Å². The molecule has 3 heteroatoms. The van der Waals surface area contributed by atoms with E-state index in [9.17, 15) is 4.79 Å². The Morgan fingerprint density at radius 1 is 1.25 bits per heavy atom. The predicted molar refractivity (Wildman–Crippen MR) is 81.8 cm³/mol. The van der Waals surface area contributed by atoms with Gasteiger partial charge in [-0.15, -0.1) is 0 Å². The zero-order valence-electron chi connectivity index (χ0n) is 13.1. The molecule has 0 saturated carbocycles. The molecule has 0 unspecified atom stereocenters. The van der Waals surface area contributed by atoms with Gasteiger partial charge in [-0.3, -0.25) is 9.69 Å². The fourth-order valence-corrected chi connectivity index (χ4v) is 3.18. The molecule has 2 atom stereocenters. The molecular formula is C17H25N2O+. The van der Waals surface area contributed by atoms with E-state index in [1.807, 2.05) is 42.3 Å². The van der Waals surface area contributed by atoms with Crippen molar-refractivity contribution in [2.24, 2.45) is 5.41 Å². The molecule has 1 saturated heterocycles. The quantitative estimate of drug-likeness (QED) is 0.760. The van der Waals surface area contributed by atoms with Gasteiger partial charge < -0.3 is 0 Å². The number of rotatable bonds is 2. The van der Waals surface area contributed by atoms with Gasteiger partial charge in [0.25, 0.3) is 6.04 Å². The smallest absolute Gasteiger partial charge is 0.281 e. The molecule has 1 aliphatic rings.